The SMILES string of the molecule is CSC(SC)=C1C(=O)CN(C(=O)OC(C)(C)C)CC1=O. The van der Waals surface area contributed by atoms with E-state index in [1.54, 1.807) is 20.8 Å². The van der Waals surface area contributed by atoms with Crippen molar-refractivity contribution in [1.29, 1.82) is 0 Å². The van der Waals surface area contributed by atoms with Gasteiger partial charge in [-0.05, 0) is 33.3 Å². The molecule has 112 valence electrons. The number of nitrogens with zero attached hydrogens (tertiary/aromatic N) is 1. The quantitative estimate of drug-likeness (QED) is 0.575. The highest BCUT2D eigenvalue weighted by molar-refractivity contribution is 8.21. The molecule has 1 fully saturated rings. The zero-order chi connectivity index (χ0) is 15.5. The summed E-state index contributed by atoms with van der Waals surface area (Å²) in [5.74, 6) is -0.656. The number of hydrogen-bond acceptors (Lipinski definition) is 6. The highest BCUT2D eigenvalue weighted by Crippen LogP contribution is 2.30. The lowest BCUT2D eigenvalue weighted by Crippen LogP contribution is -2.48. The Balaban J connectivity index is 2.89. The monoisotopic (exact) mass is 317 g/mol. The minimum absolute atomic E-state index is 0.111. The first-order valence-corrected chi connectivity index (χ1v) is 8.51. The molecule has 1 rings (SSSR count). The maximum absolute atomic E-state index is 12.1. The van der Waals surface area contributed by atoms with Crippen LogP contribution in [-0.2, 0) is 14.3 Å². The van der Waals surface area contributed by atoms with Gasteiger partial charge in [0.25, 0.3) is 0 Å². The summed E-state index contributed by atoms with van der Waals surface area (Å²) in [4.78, 5) is 37.2. The van der Waals surface area contributed by atoms with Crippen LogP contribution in [-0.4, -0.2) is 53.8 Å². The molecule has 0 spiro atoms. The van der Waals surface area contributed by atoms with Crippen LogP contribution < -0.4 is 0 Å². The molecule has 0 saturated carbocycles. The van der Waals surface area contributed by atoms with E-state index in [0.717, 1.165) is 4.90 Å². The van der Waals surface area contributed by atoms with Crippen LogP contribution in [0.1, 0.15) is 20.8 Å². The molecule has 1 amide bonds. The molecule has 1 aliphatic heterocycles. The van der Waals surface area contributed by atoms with Crippen LogP contribution in [0.25, 0.3) is 0 Å². The first kappa shape index (κ1) is 17.1. The predicted molar refractivity (Wildman–Crippen MR) is 81.9 cm³/mol. The average Bonchev–Trinajstić information content (AvgIpc) is 2.31. The second kappa shape index (κ2) is 6.67. The molecule has 1 saturated heterocycles. The molecule has 0 radical (unpaired) electrons. The van der Waals surface area contributed by atoms with E-state index in [-0.39, 0.29) is 30.2 Å². The van der Waals surface area contributed by atoms with Gasteiger partial charge < -0.3 is 4.74 Å². The lowest BCUT2D eigenvalue weighted by molar-refractivity contribution is -0.126. The number of piperidine rings is 1. The molecule has 1 heterocycles. The minimum Gasteiger partial charge on any atom is -0.444 e. The predicted octanol–water partition coefficient (Wildman–Crippen LogP) is 2.31. The van der Waals surface area contributed by atoms with Crippen molar-refractivity contribution >= 4 is 41.2 Å². The Labute approximate surface area is 127 Å². The maximum atomic E-state index is 12.1. The number of ketones is 2. The molecule has 0 aromatic rings. The molecule has 0 atom stereocenters. The third kappa shape index (κ3) is 4.28. The molecule has 1 aliphatic rings. The van der Waals surface area contributed by atoms with E-state index in [2.05, 4.69) is 0 Å². The summed E-state index contributed by atoms with van der Waals surface area (Å²) in [7, 11) is 0. The number of ether oxygens (including phenoxy) is 1. The van der Waals surface area contributed by atoms with Crippen molar-refractivity contribution in [2.45, 2.75) is 26.4 Å². The van der Waals surface area contributed by atoms with E-state index >= 15 is 0 Å². The molecule has 0 aromatic heterocycles. The van der Waals surface area contributed by atoms with Crippen LogP contribution in [0.5, 0.6) is 0 Å². The van der Waals surface area contributed by atoms with Crippen LogP contribution in [0.2, 0.25) is 0 Å². The van der Waals surface area contributed by atoms with E-state index in [9.17, 15) is 14.4 Å². The van der Waals surface area contributed by atoms with Crippen molar-refractivity contribution in [3.05, 3.63) is 9.81 Å². The molecule has 0 aromatic carbocycles. The molecule has 7 heteroatoms. The number of likely N-dealkylation sites (tertiary alicyclic amines) is 1. The van der Waals surface area contributed by atoms with Crippen molar-refractivity contribution in [3.63, 3.8) is 0 Å². The topological polar surface area (TPSA) is 63.7 Å². The summed E-state index contributed by atoms with van der Waals surface area (Å²) in [6.07, 6.45) is 3.01. The van der Waals surface area contributed by atoms with Gasteiger partial charge in [-0.25, -0.2) is 4.79 Å². The summed E-state index contributed by atoms with van der Waals surface area (Å²) in [5.41, 5.74) is -0.437. The minimum atomic E-state index is -0.650. The fraction of sp³-hybridized carbons (Fsp3) is 0.615. The normalized spacial score (nSPS) is 16.4. The largest absolute Gasteiger partial charge is 0.444 e. The second-order valence-electron chi connectivity index (χ2n) is 5.25. The summed E-state index contributed by atoms with van der Waals surface area (Å²) < 4.78 is 5.88. The summed E-state index contributed by atoms with van der Waals surface area (Å²) in [6.45, 7) is 5.00. The van der Waals surface area contributed by atoms with Gasteiger partial charge in [-0.1, -0.05) is 0 Å². The first-order chi connectivity index (χ1) is 9.19. The summed E-state index contributed by atoms with van der Waals surface area (Å²) in [6, 6.07) is 0. The second-order valence-corrected chi connectivity index (χ2v) is 7.14. The van der Waals surface area contributed by atoms with E-state index < -0.39 is 11.7 Å². The first-order valence-electron chi connectivity index (χ1n) is 6.06. The lowest BCUT2D eigenvalue weighted by Gasteiger charge is -2.29. The fourth-order valence-electron chi connectivity index (χ4n) is 1.69. The number of carbonyl (C=O) groups excluding carboxylic acids is 3. The van der Waals surface area contributed by atoms with E-state index in [0.29, 0.717) is 4.24 Å². The Kier molecular flexibility index (Phi) is 5.70. The lowest BCUT2D eigenvalue weighted by atomic mass is 10.0. The Morgan fingerprint density at radius 3 is 1.90 bits per heavy atom. The smallest absolute Gasteiger partial charge is 0.411 e. The van der Waals surface area contributed by atoms with Gasteiger partial charge in [0, 0.05) is 0 Å². The standard InChI is InChI=1S/C13H19NO4S2/c1-13(2,3)18-12(17)14-6-8(15)10(9(16)7-14)11(19-4)20-5/h6-7H2,1-5H3. The van der Waals surface area contributed by atoms with Crippen molar-refractivity contribution in [3.8, 4) is 0 Å². The third-order valence-corrected chi connectivity index (χ3v) is 4.60. The number of rotatable bonds is 2. The van der Waals surface area contributed by atoms with Crippen molar-refractivity contribution in [1.82, 2.24) is 4.90 Å². The highest BCUT2D eigenvalue weighted by Gasteiger charge is 2.35. The van der Waals surface area contributed by atoms with Gasteiger partial charge in [0.2, 0.25) is 0 Å². The number of carbonyl (C=O) groups is 3. The summed E-state index contributed by atoms with van der Waals surface area (Å²) in [5, 5.41) is 0. The molecule has 0 unspecified atom stereocenters. The Morgan fingerprint density at radius 1 is 1.10 bits per heavy atom. The zero-order valence-corrected chi connectivity index (χ0v) is 13.9. The Morgan fingerprint density at radius 2 is 1.55 bits per heavy atom. The number of thioether (sulfide) groups is 2. The number of hydrogen-bond donors (Lipinski definition) is 0. The van der Waals surface area contributed by atoms with Gasteiger partial charge in [-0.2, -0.15) is 0 Å². The highest BCUT2D eigenvalue weighted by atomic mass is 32.2. The van der Waals surface area contributed by atoms with Crippen molar-refractivity contribution in [2.24, 2.45) is 0 Å². The molecule has 0 bridgehead atoms. The van der Waals surface area contributed by atoms with Gasteiger partial charge in [0.05, 0.1) is 22.9 Å². The number of Topliss-reactive ketones (excluding diaryl/α,β-unsaturated/α-hetero) is 2. The average molecular weight is 317 g/mol. The van der Waals surface area contributed by atoms with E-state index in [1.807, 2.05) is 12.5 Å². The van der Waals surface area contributed by atoms with Gasteiger partial charge in [0.1, 0.15) is 5.60 Å². The van der Waals surface area contributed by atoms with Gasteiger partial charge in [0.15, 0.2) is 11.6 Å². The molecule has 5 nitrogen and oxygen atoms in total. The van der Waals surface area contributed by atoms with E-state index in [4.69, 9.17) is 4.74 Å². The van der Waals surface area contributed by atoms with Crippen LogP contribution in [0.15, 0.2) is 9.81 Å². The van der Waals surface area contributed by atoms with Crippen LogP contribution in [0, 0.1) is 0 Å². The molecular formula is C13H19NO4S2. The molecular weight excluding hydrogens is 298 g/mol. The van der Waals surface area contributed by atoms with E-state index in [1.165, 1.54) is 23.5 Å². The fourth-order valence-corrected chi connectivity index (χ4v) is 3.22. The van der Waals surface area contributed by atoms with Gasteiger partial charge >= 0.3 is 6.09 Å². The maximum Gasteiger partial charge on any atom is 0.411 e. The summed E-state index contributed by atoms with van der Waals surface area (Å²) >= 11 is 2.74. The van der Waals surface area contributed by atoms with Gasteiger partial charge in [-0.3, -0.25) is 14.5 Å². The molecule has 0 aliphatic carbocycles. The Bertz CT molecular complexity index is 439. The molecule has 20 heavy (non-hydrogen) atoms. The van der Waals surface area contributed by atoms with Crippen LogP contribution in [0.3, 0.4) is 0 Å². The third-order valence-electron chi connectivity index (χ3n) is 2.45. The van der Waals surface area contributed by atoms with Crippen LogP contribution in [0.4, 0.5) is 4.79 Å². The van der Waals surface area contributed by atoms with Crippen molar-refractivity contribution in [2.75, 3.05) is 25.6 Å². The zero-order valence-electron chi connectivity index (χ0n) is 12.3. The Hall–Kier alpha value is -0.950. The molecule has 0 N–H and O–H groups in total. The number of amides is 1. The van der Waals surface area contributed by atoms with Crippen LogP contribution >= 0.6 is 23.5 Å². The van der Waals surface area contributed by atoms with Crippen molar-refractivity contribution < 1.29 is 19.1 Å². The van der Waals surface area contributed by atoms with Gasteiger partial charge in [-0.15, -0.1) is 23.5 Å².